The molecular weight excluding hydrogens is 423 g/mol. The van der Waals surface area contributed by atoms with E-state index in [9.17, 15) is 9.18 Å². The fourth-order valence-electron chi connectivity index (χ4n) is 3.22. The van der Waals surface area contributed by atoms with Crippen molar-refractivity contribution in [3.05, 3.63) is 87.5 Å². The molecule has 1 heterocycles. The van der Waals surface area contributed by atoms with E-state index in [2.05, 4.69) is 0 Å². The number of methoxy groups -OCH3 is 2. The van der Waals surface area contributed by atoms with E-state index in [1.54, 1.807) is 55.6 Å². The van der Waals surface area contributed by atoms with Gasteiger partial charge in [-0.1, -0.05) is 17.7 Å². The number of hydrogen-bond acceptors (Lipinski definition) is 5. The maximum absolute atomic E-state index is 13.9. The second kappa shape index (κ2) is 8.70. The van der Waals surface area contributed by atoms with Gasteiger partial charge in [0, 0.05) is 22.6 Å². The van der Waals surface area contributed by atoms with E-state index in [-0.39, 0.29) is 17.2 Å². The molecule has 0 spiro atoms. The second-order valence-corrected chi connectivity index (χ2v) is 7.11. The third-order valence-corrected chi connectivity index (χ3v) is 5.20. The largest absolute Gasteiger partial charge is 0.497 e. The third kappa shape index (κ3) is 4.20. The van der Waals surface area contributed by atoms with Crippen molar-refractivity contribution in [2.24, 2.45) is 0 Å². The van der Waals surface area contributed by atoms with E-state index in [0.717, 1.165) is 0 Å². The minimum atomic E-state index is -0.534. The Morgan fingerprint density at radius 2 is 1.74 bits per heavy atom. The highest BCUT2D eigenvalue weighted by molar-refractivity contribution is 6.31. The van der Waals surface area contributed by atoms with Crippen LogP contribution >= 0.6 is 11.6 Å². The normalized spacial score (nSPS) is 10.8. The molecule has 31 heavy (non-hydrogen) atoms. The second-order valence-electron chi connectivity index (χ2n) is 6.70. The first kappa shape index (κ1) is 20.8. The van der Waals surface area contributed by atoms with Crippen LogP contribution in [-0.2, 0) is 6.61 Å². The molecule has 0 fully saturated rings. The van der Waals surface area contributed by atoms with Gasteiger partial charge in [0.05, 0.1) is 24.8 Å². The first-order valence-corrected chi connectivity index (χ1v) is 9.74. The highest BCUT2D eigenvalue weighted by Gasteiger charge is 2.15. The van der Waals surface area contributed by atoms with Gasteiger partial charge in [0.25, 0.3) is 0 Å². The van der Waals surface area contributed by atoms with Crippen LogP contribution < -0.4 is 19.8 Å². The molecule has 158 valence electrons. The summed E-state index contributed by atoms with van der Waals surface area (Å²) in [5.41, 5.74) is 0.967. The van der Waals surface area contributed by atoms with Gasteiger partial charge in [0.1, 0.15) is 35.3 Å². The van der Waals surface area contributed by atoms with Crippen LogP contribution in [-0.4, -0.2) is 14.2 Å². The van der Waals surface area contributed by atoms with Gasteiger partial charge in [0.2, 0.25) is 0 Å². The van der Waals surface area contributed by atoms with E-state index in [1.165, 1.54) is 19.2 Å². The highest BCUT2D eigenvalue weighted by atomic mass is 35.5. The number of benzene rings is 3. The summed E-state index contributed by atoms with van der Waals surface area (Å²) in [6.07, 6.45) is 0. The quantitative estimate of drug-likeness (QED) is 0.352. The molecule has 7 heteroatoms. The Hall–Kier alpha value is -3.51. The van der Waals surface area contributed by atoms with Gasteiger partial charge in [-0.2, -0.15) is 0 Å². The minimum Gasteiger partial charge on any atom is -0.497 e. The molecular formula is C24H18ClFO5. The van der Waals surface area contributed by atoms with Crippen LogP contribution in [0.5, 0.6) is 17.2 Å². The van der Waals surface area contributed by atoms with Crippen molar-refractivity contribution >= 4 is 22.6 Å². The molecule has 0 radical (unpaired) electrons. The van der Waals surface area contributed by atoms with Gasteiger partial charge >= 0.3 is 5.63 Å². The van der Waals surface area contributed by atoms with Gasteiger partial charge in [0.15, 0.2) is 0 Å². The maximum atomic E-state index is 13.9. The zero-order chi connectivity index (χ0) is 22.0. The molecule has 0 unspecified atom stereocenters. The van der Waals surface area contributed by atoms with Crippen LogP contribution in [0.3, 0.4) is 0 Å². The first-order valence-electron chi connectivity index (χ1n) is 9.36. The lowest BCUT2D eigenvalue weighted by Crippen LogP contribution is -2.04. The van der Waals surface area contributed by atoms with Crippen molar-refractivity contribution in [1.82, 2.24) is 0 Å². The first-order chi connectivity index (χ1) is 15.0. The lowest BCUT2D eigenvalue weighted by Gasteiger charge is -2.11. The van der Waals surface area contributed by atoms with Crippen LogP contribution in [0.4, 0.5) is 4.39 Å². The van der Waals surface area contributed by atoms with E-state index in [0.29, 0.717) is 39.3 Å². The van der Waals surface area contributed by atoms with E-state index < -0.39 is 11.4 Å². The number of hydrogen-bond donors (Lipinski definition) is 0. The van der Waals surface area contributed by atoms with E-state index >= 15 is 0 Å². The van der Waals surface area contributed by atoms with Gasteiger partial charge in [-0.15, -0.1) is 0 Å². The van der Waals surface area contributed by atoms with Crippen molar-refractivity contribution in [2.45, 2.75) is 6.61 Å². The van der Waals surface area contributed by atoms with Gasteiger partial charge in [-0.3, -0.25) is 0 Å². The van der Waals surface area contributed by atoms with Crippen molar-refractivity contribution in [1.29, 1.82) is 0 Å². The number of rotatable bonds is 6. The molecule has 0 atom stereocenters. The number of ether oxygens (including phenoxy) is 3. The molecule has 3 aromatic carbocycles. The Bertz CT molecular complexity index is 1300. The van der Waals surface area contributed by atoms with Crippen molar-refractivity contribution < 1.29 is 23.0 Å². The van der Waals surface area contributed by atoms with Crippen molar-refractivity contribution in [3.63, 3.8) is 0 Å². The average Bonchev–Trinajstić information content (AvgIpc) is 2.77. The summed E-state index contributed by atoms with van der Waals surface area (Å²) in [7, 11) is 3.07. The Labute approximate surface area is 182 Å². The predicted octanol–water partition coefficient (Wildman–Crippen LogP) is 5.85. The SMILES string of the molecule is COc1ccc(OC)c(-c2cc3ccc(OCc4c(F)cccc4Cl)cc3oc2=O)c1. The minimum absolute atomic E-state index is 0.0552. The molecule has 0 saturated heterocycles. The highest BCUT2D eigenvalue weighted by Crippen LogP contribution is 2.33. The predicted molar refractivity (Wildman–Crippen MR) is 117 cm³/mol. The average molecular weight is 441 g/mol. The summed E-state index contributed by atoms with van der Waals surface area (Å²) in [6.45, 7) is -0.0552. The van der Waals surface area contributed by atoms with Crippen LogP contribution in [0.2, 0.25) is 5.02 Å². The molecule has 0 N–H and O–H groups in total. The molecule has 0 bridgehead atoms. The summed E-state index contributed by atoms with van der Waals surface area (Å²) < 4.78 is 35.8. The number of fused-ring (bicyclic) bond motifs is 1. The Morgan fingerprint density at radius 3 is 2.48 bits per heavy atom. The standard InChI is InChI=1S/C24H18ClFO5/c1-28-15-8-9-22(29-2)17(11-15)18-10-14-6-7-16(12-23(14)31-24(18)27)30-13-19-20(25)4-3-5-21(19)26/h3-12H,13H2,1-2H3. The zero-order valence-corrected chi connectivity index (χ0v) is 17.5. The lowest BCUT2D eigenvalue weighted by atomic mass is 10.0. The van der Waals surface area contributed by atoms with Crippen molar-refractivity contribution in [2.75, 3.05) is 14.2 Å². The molecule has 5 nitrogen and oxygen atoms in total. The van der Waals surface area contributed by atoms with E-state index in [1.807, 2.05) is 0 Å². The smallest absolute Gasteiger partial charge is 0.344 e. The molecule has 0 amide bonds. The topological polar surface area (TPSA) is 57.9 Å². The maximum Gasteiger partial charge on any atom is 0.344 e. The monoisotopic (exact) mass is 440 g/mol. The van der Waals surface area contributed by atoms with Gasteiger partial charge in [-0.25, -0.2) is 9.18 Å². The fraction of sp³-hybridized carbons (Fsp3) is 0.125. The molecule has 1 aromatic heterocycles. The Kier molecular flexibility index (Phi) is 5.82. The van der Waals surface area contributed by atoms with Crippen LogP contribution in [0.1, 0.15) is 5.56 Å². The van der Waals surface area contributed by atoms with Crippen LogP contribution in [0, 0.1) is 5.82 Å². The van der Waals surface area contributed by atoms with E-state index in [4.69, 9.17) is 30.2 Å². The molecule has 4 rings (SSSR count). The summed E-state index contributed by atoms with van der Waals surface area (Å²) in [4.78, 5) is 12.7. The summed E-state index contributed by atoms with van der Waals surface area (Å²) in [5.74, 6) is 1.08. The Balaban J connectivity index is 1.68. The molecule has 4 aromatic rings. The fourth-order valence-corrected chi connectivity index (χ4v) is 3.44. The Morgan fingerprint density at radius 1 is 0.935 bits per heavy atom. The lowest BCUT2D eigenvalue weighted by molar-refractivity contribution is 0.300. The van der Waals surface area contributed by atoms with Crippen molar-refractivity contribution in [3.8, 4) is 28.4 Å². The molecule has 0 aliphatic heterocycles. The van der Waals surface area contributed by atoms with Crippen LogP contribution in [0.15, 0.2) is 69.9 Å². The zero-order valence-electron chi connectivity index (χ0n) is 16.8. The van der Waals surface area contributed by atoms with Gasteiger partial charge < -0.3 is 18.6 Å². The summed E-state index contributed by atoms with van der Waals surface area (Å²) >= 11 is 6.03. The van der Waals surface area contributed by atoms with Crippen LogP contribution in [0.25, 0.3) is 22.1 Å². The molecule has 0 aliphatic rings. The van der Waals surface area contributed by atoms with Gasteiger partial charge in [-0.05, 0) is 48.5 Å². The molecule has 0 aliphatic carbocycles. The number of halogens is 2. The third-order valence-electron chi connectivity index (χ3n) is 4.85. The molecule has 0 saturated carbocycles. The summed E-state index contributed by atoms with van der Waals surface area (Å²) in [5, 5.41) is 0.972. The summed E-state index contributed by atoms with van der Waals surface area (Å²) in [6, 6.07) is 16.4.